The van der Waals surface area contributed by atoms with E-state index >= 15 is 0 Å². The Kier molecular flexibility index (Phi) is 2.58. The molecule has 0 N–H and O–H groups in total. The first-order valence-corrected chi connectivity index (χ1v) is 5.32. The summed E-state index contributed by atoms with van der Waals surface area (Å²) in [6.07, 6.45) is 3.79. The third-order valence-electron chi connectivity index (χ3n) is 3.29. The van der Waals surface area contributed by atoms with Crippen molar-refractivity contribution in [2.45, 2.75) is 52.8 Å². The summed E-state index contributed by atoms with van der Waals surface area (Å²) in [5.41, 5.74) is 0. The molecule has 1 heteroatoms. The van der Waals surface area contributed by atoms with Crippen molar-refractivity contribution in [3.05, 3.63) is 0 Å². The van der Waals surface area contributed by atoms with Gasteiger partial charge in [-0.3, -0.25) is 4.79 Å². The highest BCUT2D eigenvalue weighted by Gasteiger charge is 2.27. The number of rotatable bonds is 3. The molecule has 0 aromatic rings. The quantitative estimate of drug-likeness (QED) is 0.658. The molecule has 0 heterocycles. The van der Waals surface area contributed by atoms with E-state index in [-0.39, 0.29) is 18.1 Å². The Balaban J connectivity index is 2.50. The molecule has 0 bridgehead atoms. The van der Waals surface area contributed by atoms with E-state index < -0.39 is 6.85 Å². The van der Waals surface area contributed by atoms with Gasteiger partial charge in [-0.1, -0.05) is 33.5 Å². The minimum Gasteiger partial charge on any atom is -0.299 e. The summed E-state index contributed by atoms with van der Waals surface area (Å²) in [6.45, 7) is 2.27. The standard InChI is InChI=1S/C12H22O/c1-4-12(13)11-7-5-6-10(8-11)9(2)3/h9-11H,4-8H2,1-3H3/t10-,11+/m1/s1/i1D3. The van der Waals surface area contributed by atoms with Gasteiger partial charge in [0.25, 0.3) is 0 Å². The maximum atomic E-state index is 11.8. The van der Waals surface area contributed by atoms with Crippen molar-refractivity contribution < 1.29 is 8.91 Å². The Hall–Kier alpha value is -0.330. The smallest absolute Gasteiger partial charge is 0.135 e. The lowest BCUT2D eigenvalue weighted by Crippen LogP contribution is -2.25. The van der Waals surface area contributed by atoms with Gasteiger partial charge in [0.2, 0.25) is 0 Å². The van der Waals surface area contributed by atoms with Crippen LogP contribution in [0.1, 0.15) is 56.9 Å². The summed E-state index contributed by atoms with van der Waals surface area (Å²) >= 11 is 0. The first-order valence-electron chi connectivity index (χ1n) is 6.82. The van der Waals surface area contributed by atoms with Crippen LogP contribution in [0, 0.1) is 17.8 Å². The SMILES string of the molecule is [2H]C([2H])([2H])CC(=O)[C@H]1CCC[C@@H](C(C)C)C1. The van der Waals surface area contributed by atoms with Crippen molar-refractivity contribution in [3.8, 4) is 0 Å². The Labute approximate surface area is 86.1 Å². The molecule has 76 valence electrons. The lowest BCUT2D eigenvalue weighted by Gasteiger charge is -2.30. The van der Waals surface area contributed by atoms with E-state index in [0.717, 1.165) is 19.3 Å². The Morgan fingerprint density at radius 2 is 2.31 bits per heavy atom. The number of carbonyl (C=O) groups is 1. The van der Waals surface area contributed by atoms with Crippen LogP contribution in [0.3, 0.4) is 0 Å². The number of ketones is 1. The predicted molar refractivity (Wildman–Crippen MR) is 55.6 cm³/mol. The lowest BCUT2D eigenvalue weighted by atomic mass is 9.74. The third-order valence-corrected chi connectivity index (χ3v) is 3.29. The Bertz CT molecular complexity index is 245. The molecule has 1 aliphatic rings. The minimum atomic E-state index is -2.10. The van der Waals surface area contributed by atoms with Crippen molar-refractivity contribution in [3.63, 3.8) is 0 Å². The van der Waals surface area contributed by atoms with E-state index in [4.69, 9.17) is 4.11 Å². The number of hydrogen-bond acceptors (Lipinski definition) is 1. The molecule has 1 nitrogen and oxygen atoms in total. The van der Waals surface area contributed by atoms with E-state index in [9.17, 15) is 4.79 Å². The molecule has 0 radical (unpaired) electrons. The molecule has 0 saturated heterocycles. The molecular weight excluding hydrogens is 160 g/mol. The second kappa shape index (κ2) is 4.78. The van der Waals surface area contributed by atoms with E-state index in [1.807, 2.05) is 0 Å². The number of Topliss-reactive ketones (excluding diaryl/α,β-unsaturated/α-hetero) is 1. The molecule has 0 aromatic heterocycles. The summed E-state index contributed by atoms with van der Waals surface area (Å²) in [5.74, 6) is 1.15. The molecule has 13 heavy (non-hydrogen) atoms. The van der Waals surface area contributed by atoms with Gasteiger partial charge in [-0.15, -0.1) is 0 Å². The second-order valence-corrected chi connectivity index (χ2v) is 4.51. The first-order chi connectivity index (χ1) is 7.29. The van der Waals surface area contributed by atoms with Crippen LogP contribution in [0.15, 0.2) is 0 Å². The molecule has 0 spiro atoms. The molecule has 2 atom stereocenters. The van der Waals surface area contributed by atoms with E-state index in [2.05, 4.69) is 13.8 Å². The van der Waals surface area contributed by atoms with Crippen LogP contribution in [-0.2, 0) is 4.79 Å². The highest BCUT2D eigenvalue weighted by Crippen LogP contribution is 2.34. The normalized spacial score (nSPS) is 33.6. The molecule has 0 unspecified atom stereocenters. The van der Waals surface area contributed by atoms with Gasteiger partial charge in [-0.2, -0.15) is 0 Å². The van der Waals surface area contributed by atoms with Gasteiger partial charge in [-0.05, 0) is 24.7 Å². The monoisotopic (exact) mass is 185 g/mol. The van der Waals surface area contributed by atoms with Crippen LogP contribution >= 0.6 is 0 Å². The molecular formula is C12H22O. The van der Waals surface area contributed by atoms with Crippen molar-refractivity contribution in [1.82, 2.24) is 0 Å². The fourth-order valence-electron chi connectivity index (χ4n) is 2.27. The fourth-order valence-corrected chi connectivity index (χ4v) is 2.27. The number of carbonyl (C=O) groups excluding carboxylic acids is 1. The van der Waals surface area contributed by atoms with Crippen LogP contribution in [0.4, 0.5) is 0 Å². The van der Waals surface area contributed by atoms with Gasteiger partial charge in [0.15, 0.2) is 0 Å². The highest BCUT2D eigenvalue weighted by molar-refractivity contribution is 5.80. The molecule has 1 aliphatic carbocycles. The van der Waals surface area contributed by atoms with Gasteiger partial charge in [0.1, 0.15) is 5.78 Å². The zero-order chi connectivity index (χ0) is 12.3. The third kappa shape index (κ3) is 2.82. The van der Waals surface area contributed by atoms with Crippen LogP contribution in [0.2, 0.25) is 0 Å². The molecule has 0 aromatic carbocycles. The minimum absolute atomic E-state index is 0.00146. The van der Waals surface area contributed by atoms with Gasteiger partial charge >= 0.3 is 0 Å². The molecule has 0 amide bonds. The van der Waals surface area contributed by atoms with Gasteiger partial charge < -0.3 is 0 Å². The summed E-state index contributed by atoms with van der Waals surface area (Å²) in [5, 5.41) is 0. The molecule has 1 fully saturated rings. The van der Waals surface area contributed by atoms with Crippen LogP contribution in [0.25, 0.3) is 0 Å². The largest absolute Gasteiger partial charge is 0.299 e. The summed E-state index contributed by atoms with van der Waals surface area (Å²) < 4.78 is 21.4. The molecule has 1 saturated carbocycles. The maximum Gasteiger partial charge on any atom is 0.135 e. The van der Waals surface area contributed by atoms with Crippen LogP contribution in [-0.4, -0.2) is 5.78 Å². The maximum absolute atomic E-state index is 11.8. The van der Waals surface area contributed by atoms with Crippen molar-refractivity contribution in [2.75, 3.05) is 0 Å². The molecule has 1 rings (SSSR count). The van der Waals surface area contributed by atoms with E-state index in [0.29, 0.717) is 11.8 Å². The summed E-state index contributed by atoms with van der Waals surface area (Å²) in [4.78, 5) is 11.8. The summed E-state index contributed by atoms with van der Waals surface area (Å²) in [6, 6.07) is 0. The Morgan fingerprint density at radius 1 is 1.54 bits per heavy atom. The average Bonchev–Trinajstić information content (AvgIpc) is 2.15. The van der Waals surface area contributed by atoms with Gasteiger partial charge in [0, 0.05) is 16.5 Å². The van der Waals surface area contributed by atoms with Crippen molar-refractivity contribution >= 4 is 5.78 Å². The predicted octanol–water partition coefficient (Wildman–Crippen LogP) is 3.43. The zero-order valence-electron chi connectivity index (χ0n) is 11.7. The number of hydrogen-bond donors (Lipinski definition) is 0. The van der Waals surface area contributed by atoms with Gasteiger partial charge in [0.05, 0.1) is 0 Å². The summed E-state index contributed by atoms with van der Waals surface area (Å²) in [7, 11) is 0. The fraction of sp³-hybridized carbons (Fsp3) is 0.917. The lowest BCUT2D eigenvalue weighted by molar-refractivity contribution is -0.124. The first kappa shape index (κ1) is 7.03. The highest BCUT2D eigenvalue weighted by atomic mass is 16.1. The van der Waals surface area contributed by atoms with Crippen molar-refractivity contribution in [2.24, 2.45) is 17.8 Å². The second-order valence-electron chi connectivity index (χ2n) is 4.51. The van der Waals surface area contributed by atoms with Crippen molar-refractivity contribution in [1.29, 1.82) is 0 Å². The van der Waals surface area contributed by atoms with Crippen LogP contribution < -0.4 is 0 Å². The van der Waals surface area contributed by atoms with Crippen LogP contribution in [0.5, 0.6) is 0 Å². The van der Waals surface area contributed by atoms with Gasteiger partial charge in [-0.25, -0.2) is 0 Å². The topological polar surface area (TPSA) is 17.1 Å². The van der Waals surface area contributed by atoms with E-state index in [1.54, 1.807) is 0 Å². The Morgan fingerprint density at radius 3 is 2.92 bits per heavy atom. The molecule has 0 aliphatic heterocycles. The average molecular weight is 185 g/mol. The van der Waals surface area contributed by atoms with E-state index in [1.165, 1.54) is 6.42 Å². The zero-order valence-corrected chi connectivity index (χ0v) is 8.68.